The molecule has 1 aliphatic carbocycles. The molecule has 0 atom stereocenters. The first-order valence-corrected chi connectivity index (χ1v) is 10.0. The quantitative estimate of drug-likeness (QED) is 0.551. The molecule has 142 valence electrons. The van der Waals surface area contributed by atoms with E-state index in [0.29, 0.717) is 6.54 Å². The third kappa shape index (κ3) is 6.11. The highest BCUT2D eigenvalue weighted by Crippen LogP contribution is 2.16. The van der Waals surface area contributed by atoms with Crippen LogP contribution in [0.1, 0.15) is 37.7 Å². The lowest BCUT2D eigenvalue weighted by atomic mass is 9.96. The average molecular weight is 361 g/mol. The Morgan fingerprint density at radius 2 is 1.58 bits per heavy atom. The Morgan fingerprint density at radius 3 is 2.27 bits per heavy atom. The van der Waals surface area contributed by atoms with Gasteiger partial charge < -0.3 is 15.1 Å². The molecule has 1 aromatic carbocycles. The molecule has 3 rings (SSSR count). The fourth-order valence-electron chi connectivity index (χ4n) is 4.06. The van der Waals surface area contributed by atoms with Crippen molar-refractivity contribution in [1.82, 2.24) is 10.6 Å². The van der Waals surface area contributed by atoms with E-state index in [1.807, 2.05) is 6.07 Å². The summed E-state index contributed by atoms with van der Waals surface area (Å²) in [5, 5.41) is 5.45. The zero-order valence-corrected chi connectivity index (χ0v) is 15.6. The summed E-state index contributed by atoms with van der Waals surface area (Å²) in [6.45, 7) is 5.50. The Hall–Kier alpha value is -1.92. The Bertz CT molecular complexity index is 579. The molecule has 0 spiro atoms. The number of piperazine rings is 1. The van der Waals surface area contributed by atoms with Gasteiger partial charge in [-0.05, 0) is 12.8 Å². The van der Waals surface area contributed by atoms with Crippen molar-refractivity contribution in [2.45, 2.75) is 44.7 Å². The van der Waals surface area contributed by atoms with Crippen molar-refractivity contribution in [3.8, 4) is 0 Å². The predicted octanol–water partition coefficient (Wildman–Crippen LogP) is -0.871. The lowest BCUT2D eigenvalue weighted by Gasteiger charge is -2.29. The van der Waals surface area contributed by atoms with Crippen LogP contribution in [0.2, 0.25) is 0 Å². The number of carbonyl (C=O) groups is 2. The van der Waals surface area contributed by atoms with Gasteiger partial charge in [-0.2, -0.15) is 0 Å². The number of hydrogen-bond acceptors (Lipinski definition) is 2. The summed E-state index contributed by atoms with van der Waals surface area (Å²) in [6.07, 6.45) is 5.63. The van der Waals surface area contributed by atoms with Crippen LogP contribution < -0.4 is 20.4 Å². The van der Waals surface area contributed by atoms with Crippen LogP contribution in [-0.4, -0.2) is 50.7 Å². The molecular formula is C20H32N4O2+2. The van der Waals surface area contributed by atoms with Crippen molar-refractivity contribution in [2.75, 3.05) is 32.7 Å². The van der Waals surface area contributed by atoms with Gasteiger partial charge in [-0.3, -0.25) is 10.1 Å². The molecule has 0 radical (unpaired) electrons. The minimum Gasteiger partial charge on any atom is -0.335 e. The van der Waals surface area contributed by atoms with E-state index in [4.69, 9.17) is 0 Å². The number of imide groups is 1. The van der Waals surface area contributed by atoms with Crippen LogP contribution in [0, 0.1) is 0 Å². The lowest BCUT2D eigenvalue weighted by Crippen LogP contribution is -3.28. The maximum absolute atomic E-state index is 12.1. The third-order valence-corrected chi connectivity index (χ3v) is 5.57. The van der Waals surface area contributed by atoms with E-state index in [0.717, 1.165) is 45.6 Å². The van der Waals surface area contributed by atoms with Crippen LogP contribution in [-0.2, 0) is 11.3 Å². The summed E-state index contributed by atoms with van der Waals surface area (Å²) < 4.78 is 0. The molecule has 2 fully saturated rings. The van der Waals surface area contributed by atoms with Crippen molar-refractivity contribution in [3.63, 3.8) is 0 Å². The topological polar surface area (TPSA) is 67.1 Å². The molecule has 1 saturated heterocycles. The van der Waals surface area contributed by atoms with Crippen LogP contribution in [0.25, 0.3) is 0 Å². The summed E-state index contributed by atoms with van der Waals surface area (Å²) >= 11 is 0. The molecule has 0 unspecified atom stereocenters. The van der Waals surface area contributed by atoms with Gasteiger partial charge in [0.25, 0.3) is 5.91 Å². The van der Waals surface area contributed by atoms with Crippen LogP contribution in [0.15, 0.2) is 30.3 Å². The molecule has 1 aromatic rings. The molecule has 0 bridgehead atoms. The predicted molar refractivity (Wildman–Crippen MR) is 100.0 cm³/mol. The molecule has 0 aromatic heterocycles. The minimum atomic E-state index is -0.324. The second kappa shape index (κ2) is 9.69. The first-order chi connectivity index (χ1) is 12.7. The number of amides is 3. The average Bonchev–Trinajstić information content (AvgIpc) is 2.65. The number of quaternary nitrogens is 2. The largest absolute Gasteiger partial charge is 0.335 e. The Morgan fingerprint density at radius 1 is 0.923 bits per heavy atom. The minimum absolute atomic E-state index is 0.167. The van der Waals surface area contributed by atoms with Crippen LogP contribution >= 0.6 is 0 Å². The van der Waals surface area contributed by atoms with Crippen molar-refractivity contribution in [2.24, 2.45) is 0 Å². The highest BCUT2D eigenvalue weighted by molar-refractivity contribution is 5.94. The Labute approximate surface area is 155 Å². The van der Waals surface area contributed by atoms with E-state index in [-0.39, 0.29) is 18.0 Å². The number of carbonyl (C=O) groups excluding carboxylic acids is 2. The van der Waals surface area contributed by atoms with Gasteiger partial charge in [-0.1, -0.05) is 49.6 Å². The van der Waals surface area contributed by atoms with Crippen molar-refractivity contribution < 1.29 is 19.4 Å². The molecule has 1 heterocycles. The van der Waals surface area contributed by atoms with E-state index >= 15 is 0 Å². The molecule has 6 nitrogen and oxygen atoms in total. The smallest absolute Gasteiger partial charge is 0.321 e. The Balaban J connectivity index is 1.33. The van der Waals surface area contributed by atoms with E-state index < -0.39 is 0 Å². The molecule has 3 amide bonds. The zero-order chi connectivity index (χ0) is 18.2. The fraction of sp³-hybridized carbons (Fsp3) is 0.600. The molecular weight excluding hydrogens is 328 g/mol. The number of hydrogen-bond donors (Lipinski definition) is 4. The standard InChI is InChI=1S/C20H30N4O2/c25-19(22-20(26)21-18-9-5-2-6-10-18)16-24-13-11-23(12-14-24)15-17-7-3-1-4-8-17/h1,3-4,7-8,18H,2,5-6,9-16H2,(H2,21,22,25,26)/p+2. The van der Waals surface area contributed by atoms with Gasteiger partial charge in [0, 0.05) is 11.6 Å². The van der Waals surface area contributed by atoms with E-state index in [1.54, 1.807) is 4.90 Å². The molecule has 4 N–H and O–H groups in total. The number of urea groups is 1. The normalized spacial score (nSPS) is 24.0. The van der Waals surface area contributed by atoms with Gasteiger partial charge >= 0.3 is 6.03 Å². The monoisotopic (exact) mass is 360 g/mol. The molecule has 26 heavy (non-hydrogen) atoms. The van der Waals surface area contributed by atoms with Crippen molar-refractivity contribution in [3.05, 3.63) is 35.9 Å². The molecule has 6 heteroatoms. The number of nitrogens with one attached hydrogen (secondary N) is 4. The third-order valence-electron chi connectivity index (χ3n) is 5.57. The summed E-state index contributed by atoms with van der Waals surface area (Å²) in [5.74, 6) is -0.167. The summed E-state index contributed by atoms with van der Waals surface area (Å²) in [6, 6.07) is 10.5. The van der Waals surface area contributed by atoms with Gasteiger partial charge in [-0.25, -0.2) is 4.79 Å². The highest BCUT2D eigenvalue weighted by atomic mass is 16.2. The molecule has 1 aliphatic heterocycles. The van der Waals surface area contributed by atoms with Gasteiger partial charge in [0.1, 0.15) is 32.7 Å². The van der Waals surface area contributed by atoms with E-state index in [2.05, 4.69) is 34.9 Å². The van der Waals surface area contributed by atoms with Crippen LogP contribution in [0.3, 0.4) is 0 Å². The van der Waals surface area contributed by atoms with E-state index in [1.165, 1.54) is 29.7 Å². The maximum atomic E-state index is 12.1. The van der Waals surface area contributed by atoms with Crippen LogP contribution in [0.5, 0.6) is 0 Å². The number of benzene rings is 1. The summed E-state index contributed by atoms with van der Waals surface area (Å²) in [7, 11) is 0. The van der Waals surface area contributed by atoms with Gasteiger partial charge in [0.05, 0.1) is 0 Å². The highest BCUT2D eigenvalue weighted by Gasteiger charge is 2.25. The number of rotatable bonds is 5. The van der Waals surface area contributed by atoms with Crippen molar-refractivity contribution >= 4 is 11.9 Å². The second-order valence-corrected chi connectivity index (χ2v) is 7.70. The first kappa shape index (κ1) is 18.9. The summed E-state index contributed by atoms with van der Waals surface area (Å²) in [5.41, 5.74) is 1.36. The summed E-state index contributed by atoms with van der Waals surface area (Å²) in [4.78, 5) is 26.9. The molecule has 2 aliphatic rings. The van der Waals surface area contributed by atoms with Crippen LogP contribution in [0.4, 0.5) is 4.79 Å². The Kier molecular flexibility index (Phi) is 7.03. The zero-order valence-electron chi connectivity index (χ0n) is 15.6. The van der Waals surface area contributed by atoms with Gasteiger partial charge in [0.15, 0.2) is 6.54 Å². The first-order valence-electron chi connectivity index (χ1n) is 10.0. The van der Waals surface area contributed by atoms with Gasteiger partial charge in [-0.15, -0.1) is 0 Å². The van der Waals surface area contributed by atoms with Gasteiger partial charge in [0.2, 0.25) is 0 Å². The lowest BCUT2D eigenvalue weighted by molar-refractivity contribution is -1.02. The SMILES string of the molecule is O=C(C[NH+]1CC[NH+](Cc2ccccc2)CC1)NC(=O)NC1CCCCC1. The van der Waals surface area contributed by atoms with Crippen molar-refractivity contribution in [1.29, 1.82) is 0 Å². The molecule has 1 saturated carbocycles. The fourth-order valence-corrected chi connectivity index (χ4v) is 4.06. The van der Waals surface area contributed by atoms with E-state index in [9.17, 15) is 9.59 Å². The maximum Gasteiger partial charge on any atom is 0.321 e. The second-order valence-electron chi connectivity index (χ2n) is 7.70.